The van der Waals surface area contributed by atoms with Crippen LogP contribution in [0.3, 0.4) is 0 Å². The molecule has 24 heavy (non-hydrogen) atoms. The van der Waals surface area contributed by atoms with Crippen molar-refractivity contribution in [3.8, 4) is 0 Å². The molecule has 4 rings (SSSR count). The molecule has 2 aliphatic rings. The monoisotopic (exact) mass is 322 g/mol. The van der Waals surface area contributed by atoms with E-state index >= 15 is 0 Å². The first-order valence-electron chi connectivity index (χ1n) is 8.63. The molecule has 2 aromatic rings. The molecule has 1 aromatic heterocycles. The van der Waals surface area contributed by atoms with Gasteiger partial charge in [0.25, 0.3) is 0 Å². The number of para-hydroxylation sites is 1. The molecule has 1 aliphatic carbocycles. The van der Waals surface area contributed by atoms with Gasteiger partial charge in [-0.2, -0.15) is 0 Å². The van der Waals surface area contributed by atoms with Crippen LogP contribution in [0.2, 0.25) is 0 Å². The number of piperidine rings is 1. The fraction of sp³-hybridized carbons (Fsp3) is 0.350. The molecule has 1 atom stereocenters. The molecule has 1 saturated heterocycles. The van der Waals surface area contributed by atoms with Crippen LogP contribution in [0.25, 0.3) is 16.6 Å². The Morgan fingerprint density at radius 3 is 2.96 bits per heavy atom. The SMILES string of the molecule is O=C(O)C1CCCN(Cc2cc3ccccc3n2C2=CC=CC2)C1. The summed E-state index contributed by atoms with van der Waals surface area (Å²) in [4.78, 5) is 13.6. The third kappa shape index (κ3) is 2.78. The Hall–Kier alpha value is -2.33. The van der Waals surface area contributed by atoms with Gasteiger partial charge in [0.2, 0.25) is 0 Å². The summed E-state index contributed by atoms with van der Waals surface area (Å²) in [6.07, 6.45) is 9.16. The molecule has 0 radical (unpaired) electrons. The number of benzene rings is 1. The van der Waals surface area contributed by atoms with Crippen LogP contribution in [0.15, 0.2) is 48.6 Å². The van der Waals surface area contributed by atoms with Gasteiger partial charge in [-0.3, -0.25) is 9.69 Å². The second-order valence-electron chi connectivity index (χ2n) is 6.73. The first kappa shape index (κ1) is 15.2. The van der Waals surface area contributed by atoms with E-state index in [1.807, 2.05) is 0 Å². The van der Waals surface area contributed by atoms with Crippen LogP contribution in [-0.2, 0) is 11.3 Å². The first-order chi connectivity index (χ1) is 11.7. The van der Waals surface area contributed by atoms with E-state index < -0.39 is 5.97 Å². The van der Waals surface area contributed by atoms with E-state index in [2.05, 4.69) is 58.0 Å². The van der Waals surface area contributed by atoms with E-state index in [9.17, 15) is 9.90 Å². The van der Waals surface area contributed by atoms with Crippen molar-refractivity contribution in [2.75, 3.05) is 13.1 Å². The van der Waals surface area contributed by atoms with Gasteiger partial charge >= 0.3 is 5.97 Å². The molecule has 0 bridgehead atoms. The van der Waals surface area contributed by atoms with Crippen LogP contribution >= 0.6 is 0 Å². The summed E-state index contributed by atoms with van der Waals surface area (Å²) in [6.45, 7) is 2.42. The molecule has 1 aliphatic heterocycles. The number of rotatable bonds is 4. The van der Waals surface area contributed by atoms with Crippen molar-refractivity contribution >= 4 is 22.6 Å². The van der Waals surface area contributed by atoms with Crippen molar-refractivity contribution in [2.45, 2.75) is 25.8 Å². The lowest BCUT2D eigenvalue weighted by Crippen LogP contribution is -2.38. The van der Waals surface area contributed by atoms with E-state index in [0.717, 1.165) is 32.4 Å². The molecule has 1 fully saturated rings. The van der Waals surface area contributed by atoms with Gasteiger partial charge in [0, 0.05) is 36.3 Å². The average molecular weight is 322 g/mol. The maximum Gasteiger partial charge on any atom is 0.307 e. The summed E-state index contributed by atoms with van der Waals surface area (Å²) in [6, 6.07) is 10.7. The lowest BCUT2D eigenvalue weighted by Gasteiger charge is -2.31. The number of carboxylic acids is 1. The van der Waals surface area contributed by atoms with E-state index in [0.29, 0.717) is 6.54 Å². The number of aliphatic carboxylic acids is 1. The second-order valence-corrected chi connectivity index (χ2v) is 6.73. The molecule has 4 heteroatoms. The standard InChI is InChI=1S/C20H22N2O2/c23-20(24)16-7-5-11-21(13-16)14-18-12-15-6-1-4-10-19(15)22(18)17-8-2-3-9-17/h1-4,6,8,10,12,16H,5,7,9,11,13-14H2,(H,23,24). The van der Waals surface area contributed by atoms with E-state index in [1.54, 1.807) is 0 Å². The van der Waals surface area contributed by atoms with Crippen molar-refractivity contribution in [3.63, 3.8) is 0 Å². The van der Waals surface area contributed by atoms with Gasteiger partial charge in [-0.05, 0) is 37.6 Å². The minimum Gasteiger partial charge on any atom is -0.481 e. The summed E-state index contributed by atoms with van der Waals surface area (Å²) >= 11 is 0. The fourth-order valence-electron chi connectivity index (χ4n) is 3.90. The van der Waals surface area contributed by atoms with Gasteiger partial charge in [-0.15, -0.1) is 0 Å². The molecule has 1 unspecified atom stereocenters. The van der Waals surface area contributed by atoms with Gasteiger partial charge in [0.1, 0.15) is 0 Å². The first-order valence-corrected chi connectivity index (χ1v) is 8.63. The van der Waals surface area contributed by atoms with Crippen LogP contribution in [-0.4, -0.2) is 33.6 Å². The van der Waals surface area contributed by atoms with Crippen LogP contribution in [0, 0.1) is 5.92 Å². The molecule has 0 amide bonds. The molecular formula is C20H22N2O2. The van der Waals surface area contributed by atoms with Crippen molar-refractivity contribution < 1.29 is 9.90 Å². The number of carbonyl (C=O) groups is 1. The number of likely N-dealkylation sites (tertiary alicyclic amines) is 1. The highest BCUT2D eigenvalue weighted by Crippen LogP contribution is 2.29. The number of hydrogen-bond acceptors (Lipinski definition) is 2. The van der Waals surface area contributed by atoms with Gasteiger partial charge in [-0.25, -0.2) is 0 Å². The molecule has 124 valence electrons. The number of nitrogens with zero attached hydrogens (tertiary/aromatic N) is 2. The highest BCUT2D eigenvalue weighted by atomic mass is 16.4. The van der Waals surface area contributed by atoms with Gasteiger partial charge < -0.3 is 9.67 Å². The van der Waals surface area contributed by atoms with Crippen molar-refractivity contribution in [2.24, 2.45) is 5.92 Å². The number of fused-ring (bicyclic) bond motifs is 1. The highest BCUT2D eigenvalue weighted by Gasteiger charge is 2.26. The minimum atomic E-state index is -0.664. The number of aromatic nitrogens is 1. The van der Waals surface area contributed by atoms with Crippen LogP contribution in [0.4, 0.5) is 0 Å². The fourth-order valence-corrected chi connectivity index (χ4v) is 3.90. The van der Waals surface area contributed by atoms with Crippen molar-refractivity contribution in [1.82, 2.24) is 9.47 Å². The van der Waals surface area contributed by atoms with Crippen LogP contribution in [0.5, 0.6) is 0 Å². The zero-order chi connectivity index (χ0) is 16.5. The van der Waals surface area contributed by atoms with E-state index in [4.69, 9.17) is 0 Å². The highest BCUT2D eigenvalue weighted by molar-refractivity contribution is 5.85. The third-order valence-electron chi connectivity index (χ3n) is 5.07. The topological polar surface area (TPSA) is 45.5 Å². The minimum absolute atomic E-state index is 0.232. The maximum atomic E-state index is 11.3. The smallest absolute Gasteiger partial charge is 0.307 e. The Balaban J connectivity index is 1.66. The molecule has 0 spiro atoms. The third-order valence-corrected chi connectivity index (χ3v) is 5.07. The maximum absolute atomic E-state index is 11.3. The Kier molecular flexibility index (Phi) is 3.98. The normalized spacial score (nSPS) is 21.3. The molecule has 4 nitrogen and oxygen atoms in total. The predicted octanol–water partition coefficient (Wildman–Crippen LogP) is 3.74. The second kappa shape index (κ2) is 6.29. The quantitative estimate of drug-likeness (QED) is 0.933. The van der Waals surface area contributed by atoms with Crippen molar-refractivity contribution in [3.05, 3.63) is 54.3 Å². The number of allylic oxidation sites excluding steroid dienone is 4. The van der Waals surface area contributed by atoms with Crippen LogP contribution < -0.4 is 0 Å². The molecule has 0 saturated carbocycles. The van der Waals surface area contributed by atoms with Crippen LogP contribution in [0.1, 0.15) is 25.0 Å². The molecule has 1 aromatic carbocycles. The van der Waals surface area contributed by atoms with E-state index in [-0.39, 0.29) is 5.92 Å². The lowest BCUT2D eigenvalue weighted by atomic mass is 9.98. The zero-order valence-electron chi connectivity index (χ0n) is 13.7. The number of hydrogen-bond donors (Lipinski definition) is 1. The summed E-state index contributed by atoms with van der Waals surface area (Å²) < 4.78 is 2.35. The zero-order valence-corrected chi connectivity index (χ0v) is 13.7. The summed E-state index contributed by atoms with van der Waals surface area (Å²) in [5.74, 6) is -0.896. The van der Waals surface area contributed by atoms with E-state index in [1.165, 1.54) is 22.3 Å². The summed E-state index contributed by atoms with van der Waals surface area (Å²) in [7, 11) is 0. The molecule has 2 heterocycles. The van der Waals surface area contributed by atoms with Gasteiger partial charge in [0.15, 0.2) is 0 Å². The Morgan fingerprint density at radius 1 is 1.29 bits per heavy atom. The lowest BCUT2D eigenvalue weighted by molar-refractivity contribution is -0.143. The summed E-state index contributed by atoms with van der Waals surface area (Å²) in [5, 5.41) is 10.6. The van der Waals surface area contributed by atoms with Gasteiger partial charge in [0.05, 0.1) is 11.4 Å². The molecule has 1 N–H and O–H groups in total. The van der Waals surface area contributed by atoms with Crippen molar-refractivity contribution in [1.29, 1.82) is 0 Å². The number of carboxylic acid groups (broad SMARTS) is 1. The summed E-state index contributed by atoms with van der Waals surface area (Å²) in [5.41, 5.74) is 3.77. The molecular weight excluding hydrogens is 300 g/mol. The Bertz CT molecular complexity index is 831. The van der Waals surface area contributed by atoms with Gasteiger partial charge in [-0.1, -0.05) is 30.4 Å². The Labute approximate surface area is 141 Å². The Morgan fingerprint density at radius 2 is 2.17 bits per heavy atom. The largest absolute Gasteiger partial charge is 0.481 e. The average Bonchev–Trinajstić information content (AvgIpc) is 3.21. The predicted molar refractivity (Wildman–Crippen MR) is 95.6 cm³/mol.